The Kier molecular flexibility index (Phi) is 4.80. The van der Waals surface area contributed by atoms with Crippen LogP contribution < -0.4 is 10.6 Å². The van der Waals surface area contributed by atoms with Crippen molar-refractivity contribution in [2.45, 2.75) is 26.2 Å². The number of piperidine rings is 2. The zero-order valence-electron chi connectivity index (χ0n) is 11.9. The first-order valence-corrected chi connectivity index (χ1v) is 7.33. The van der Waals surface area contributed by atoms with Crippen molar-refractivity contribution >= 4 is 11.8 Å². The standard InChI is InChI=1S/C14H25N3O2/c1-10-7-12(9-16-8-10)14(19)17-5-3-11(4-6-17)13(18)15-2/h10-12,16H,3-9H2,1-2H3,(H,15,18). The van der Waals surface area contributed by atoms with Gasteiger partial charge in [-0.3, -0.25) is 9.59 Å². The molecule has 0 bridgehead atoms. The molecule has 5 nitrogen and oxygen atoms in total. The number of amides is 2. The normalized spacial score (nSPS) is 29.1. The number of carbonyl (C=O) groups is 2. The van der Waals surface area contributed by atoms with Crippen LogP contribution in [-0.4, -0.2) is 49.9 Å². The first-order chi connectivity index (χ1) is 9.11. The molecule has 19 heavy (non-hydrogen) atoms. The summed E-state index contributed by atoms with van der Waals surface area (Å²) in [6, 6.07) is 0. The molecule has 0 saturated carbocycles. The molecule has 0 spiro atoms. The van der Waals surface area contributed by atoms with Gasteiger partial charge >= 0.3 is 0 Å². The number of hydrogen-bond acceptors (Lipinski definition) is 3. The first kappa shape index (κ1) is 14.3. The summed E-state index contributed by atoms with van der Waals surface area (Å²) in [5.41, 5.74) is 0. The second-order valence-corrected chi connectivity index (χ2v) is 5.91. The molecule has 2 rings (SSSR count). The lowest BCUT2D eigenvalue weighted by molar-refractivity contribution is -0.139. The molecule has 5 heteroatoms. The van der Waals surface area contributed by atoms with E-state index in [-0.39, 0.29) is 23.7 Å². The quantitative estimate of drug-likeness (QED) is 0.752. The van der Waals surface area contributed by atoms with E-state index in [1.165, 1.54) is 0 Å². The molecule has 2 unspecified atom stereocenters. The fourth-order valence-corrected chi connectivity index (χ4v) is 3.17. The zero-order chi connectivity index (χ0) is 13.8. The summed E-state index contributed by atoms with van der Waals surface area (Å²) in [4.78, 5) is 25.9. The smallest absolute Gasteiger partial charge is 0.226 e. The summed E-state index contributed by atoms with van der Waals surface area (Å²) >= 11 is 0. The number of rotatable bonds is 2. The Hall–Kier alpha value is -1.10. The van der Waals surface area contributed by atoms with Gasteiger partial charge < -0.3 is 15.5 Å². The summed E-state index contributed by atoms with van der Waals surface area (Å²) in [5.74, 6) is 1.17. The molecule has 2 fully saturated rings. The predicted molar refractivity (Wildman–Crippen MR) is 73.5 cm³/mol. The van der Waals surface area contributed by atoms with Gasteiger partial charge in [0, 0.05) is 32.6 Å². The van der Waals surface area contributed by atoms with Crippen LogP contribution in [0.3, 0.4) is 0 Å². The SMILES string of the molecule is CNC(=O)C1CCN(C(=O)C2CNCC(C)C2)CC1. The molecule has 2 aliphatic heterocycles. The van der Waals surface area contributed by atoms with Crippen LogP contribution in [0.1, 0.15) is 26.2 Å². The molecule has 2 aliphatic rings. The maximum absolute atomic E-state index is 12.4. The minimum Gasteiger partial charge on any atom is -0.359 e. The van der Waals surface area contributed by atoms with Crippen molar-refractivity contribution in [2.75, 3.05) is 33.2 Å². The van der Waals surface area contributed by atoms with Gasteiger partial charge in [0.15, 0.2) is 0 Å². The monoisotopic (exact) mass is 267 g/mol. The Morgan fingerprint density at radius 2 is 1.84 bits per heavy atom. The molecule has 2 atom stereocenters. The molecule has 2 saturated heterocycles. The predicted octanol–water partition coefficient (Wildman–Crippen LogP) is 0.217. The van der Waals surface area contributed by atoms with Gasteiger partial charge in [-0.1, -0.05) is 6.92 Å². The van der Waals surface area contributed by atoms with Gasteiger partial charge in [0.25, 0.3) is 0 Å². The van der Waals surface area contributed by atoms with E-state index in [1.54, 1.807) is 7.05 Å². The van der Waals surface area contributed by atoms with Crippen molar-refractivity contribution in [3.05, 3.63) is 0 Å². The fourth-order valence-electron chi connectivity index (χ4n) is 3.17. The summed E-state index contributed by atoms with van der Waals surface area (Å²) in [5, 5.41) is 6.02. The first-order valence-electron chi connectivity index (χ1n) is 7.33. The summed E-state index contributed by atoms with van der Waals surface area (Å²) < 4.78 is 0. The van der Waals surface area contributed by atoms with E-state index < -0.39 is 0 Å². The Labute approximate surface area is 115 Å². The van der Waals surface area contributed by atoms with Gasteiger partial charge in [0.2, 0.25) is 11.8 Å². The van der Waals surface area contributed by atoms with E-state index in [0.29, 0.717) is 5.92 Å². The van der Waals surface area contributed by atoms with E-state index in [4.69, 9.17) is 0 Å². The lowest BCUT2D eigenvalue weighted by Crippen LogP contribution is -2.48. The third-order valence-electron chi connectivity index (χ3n) is 4.34. The third-order valence-corrected chi connectivity index (χ3v) is 4.34. The number of carbonyl (C=O) groups excluding carboxylic acids is 2. The molecule has 2 N–H and O–H groups in total. The van der Waals surface area contributed by atoms with Gasteiger partial charge in [-0.25, -0.2) is 0 Å². The van der Waals surface area contributed by atoms with Crippen LogP contribution in [0.5, 0.6) is 0 Å². The van der Waals surface area contributed by atoms with Gasteiger partial charge in [0.05, 0.1) is 5.92 Å². The van der Waals surface area contributed by atoms with Gasteiger partial charge in [-0.05, 0) is 31.7 Å². The lowest BCUT2D eigenvalue weighted by Gasteiger charge is -2.35. The Morgan fingerprint density at radius 3 is 2.42 bits per heavy atom. The largest absolute Gasteiger partial charge is 0.359 e. The van der Waals surface area contributed by atoms with Crippen molar-refractivity contribution in [3.63, 3.8) is 0 Å². The van der Waals surface area contributed by atoms with Crippen LogP contribution in [0.2, 0.25) is 0 Å². The Balaban J connectivity index is 1.83. The average Bonchev–Trinajstić information content (AvgIpc) is 2.46. The van der Waals surface area contributed by atoms with Gasteiger partial charge in [-0.15, -0.1) is 0 Å². The van der Waals surface area contributed by atoms with E-state index >= 15 is 0 Å². The maximum atomic E-state index is 12.4. The third kappa shape index (κ3) is 3.47. The van der Waals surface area contributed by atoms with Gasteiger partial charge in [-0.2, -0.15) is 0 Å². The summed E-state index contributed by atoms with van der Waals surface area (Å²) in [7, 11) is 1.68. The molecule has 0 radical (unpaired) electrons. The van der Waals surface area contributed by atoms with Crippen LogP contribution in [0.15, 0.2) is 0 Å². The minimum atomic E-state index is 0.0810. The topological polar surface area (TPSA) is 61.4 Å². The number of hydrogen-bond donors (Lipinski definition) is 2. The number of likely N-dealkylation sites (tertiary alicyclic amines) is 1. The van der Waals surface area contributed by atoms with Crippen LogP contribution in [0.25, 0.3) is 0 Å². The Bertz CT molecular complexity index is 338. The molecule has 0 aromatic rings. The van der Waals surface area contributed by atoms with Crippen molar-refractivity contribution in [1.29, 1.82) is 0 Å². The maximum Gasteiger partial charge on any atom is 0.226 e. The highest BCUT2D eigenvalue weighted by Gasteiger charge is 2.32. The molecule has 0 aliphatic carbocycles. The molecule has 2 amide bonds. The Morgan fingerprint density at radius 1 is 1.16 bits per heavy atom. The van der Waals surface area contributed by atoms with Crippen molar-refractivity contribution < 1.29 is 9.59 Å². The van der Waals surface area contributed by atoms with Gasteiger partial charge in [0.1, 0.15) is 0 Å². The highest BCUT2D eigenvalue weighted by Crippen LogP contribution is 2.22. The molecular weight excluding hydrogens is 242 g/mol. The average molecular weight is 267 g/mol. The van der Waals surface area contributed by atoms with E-state index in [1.807, 2.05) is 4.90 Å². The molecule has 2 heterocycles. The van der Waals surface area contributed by atoms with Crippen LogP contribution in [0.4, 0.5) is 0 Å². The second-order valence-electron chi connectivity index (χ2n) is 5.91. The molecule has 108 valence electrons. The van der Waals surface area contributed by atoms with Crippen LogP contribution in [0, 0.1) is 17.8 Å². The van der Waals surface area contributed by atoms with E-state index in [2.05, 4.69) is 17.6 Å². The van der Waals surface area contributed by atoms with Crippen molar-refractivity contribution in [2.24, 2.45) is 17.8 Å². The van der Waals surface area contributed by atoms with Crippen molar-refractivity contribution in [3.8, 4) is 0 Å². The zero-order valence-corrected chi connectivity index (χ0v) is 11.9. The molecular formula is C14H25N3O2. The lowest BCUT2D eigenvalue weighted by atomic mass is 9.89. The summed E-state index contributed by atoms with van der Waals surface area (Å²) in [6.07, 6.45) is 2.57. The fraction of sp³-hybridized carbons (Fsp3) is 0.857. The van der Waals surface area contributed by atoms with E-state index in [9.17, 15) is 9.59 Å². The molecule has 0 aromatic heterocycles. The molecule has 0 aromatic carbocycles. The van der Waals surface area contributed by atoms with E-state index in [0.717, 1.165) is 45.4 Å². The number of nitrogens with zero attached hydrogens (tertiary/aromatic N) is 1. The minimum absolute atomic E-state index is 0.0810. The number of nitrogens with one attached hydrogen (secondary N) is 2. The van der Waals surface area contributed by atoms with Crippen molar-refractivity contribution in [1.82, 2.24) is 15.5 Å². The second kappa shape index (κ2) is 6.37. The van der Waals surface area contributed by atoms with Crippen LogP contribution >= 0.6 is 0 Å². The van der Waals surface area contributed by atoms with Crippen LogP contribution in [-0.2, 0) is 9.59 Å². The highest BCUT2D eigenvalue weighted by molar-refractivity contribution is 5.81. The highest BCUT2D eigenvalue weighted by atomic mass is 16.2. The summed E-state index contributed by atoms with van der Waals surface area (Å²) in [6.45, 7) is 5.45.